The molecule has 3 aromatic rings. The maximum absolute atomic E-state index is 13.7. The first-order valence-corrected chi connectivity index (χ1v) is 10.5. The topological polar surface area (TPSA) is 47.4 Å². The van der Waals surface area contributed by atoms with Crippen molar-refractivity contribution in [1.82, 2.24) is 14.5 Å². The number of rotatable bonds is 5. The average molecular weight is 437 g/mol. The minimum absolute atomic E-state index is 0.0956. The molecular weight excluding hydrogens is 412 g/mol. The van der Waals surface area contributed by atoms with E-state index in [1.54, 1.807) is 18.3 Å². The van der Waals surface area contributed by atoms with E-state index in [1.165, 1.54) is 6.07 Å². The van der Waals surface area contributed by atoms with Gasteiger partial charge in [0, 0.05) is 18.3 Å². The highest BCUT2D eigenvalue weighted by atomic mass is 19.2. The largest absolute Gasteiger partial charge is 0.495 e. The molecule has 1 aliphatic heterocycles. The molecule has 4 rings (SSSR count). The monoisotopic (exact) mass is 437 g/mol. The molecule has 0 saturated carbocycles. The minimum Gasteiger partial charge on any atom is -0.495 e. The zero-order valence-electron chi connectivity index (χ0n) is 18.3. The molecular formula is C25H25F2N3O2. The number of hydrogen-bond acceptors (Lipinski definition) is 3. The van der Waals surface area contributed by atoms with E-state index in [1.807, 2.05) is 48.9 Å². The number of carbonyl (C=O) groups is 1. The van der Waals surface area contributed by atoms with E-state index in [0.717, 1.165) is 35.5 Å². The van der Waals surface area contributed by atoms with Gasteiger partial charge in [0.05, 0.1) is 30.9 Å². The van der Waals surface area contributed by atoms with Crippen LogP contribution < -0.4 is 4.74 Å². The summed E-state index contributed by atoms with van der Waals surface area (Å²) >= 11 is 0. The van der Waals surface area contributed by atoms with E-state index in [0.29, 0.717) is 29.9 Å². The number of piperidine rings is 1. The summed E-state index contributed by atoms with van der Waals surface area (Å²) in [6.45, 7) is 4.32. The predicted molar refractivity (Wildman–Crippen MR) is 119 cm³/mol. The summed E-state index contributed by atoms with van der Waals surface area (Å²) in [6, 6.07) is 9.18. The van der Waals surface area contributed by atoms with Crippen LogP contribution in [0.2, 0.25) is 0 Å². The standard InChI is InChI=1S/C25H25F2N3O2/c1-16-14-29(15-28-16)23-9-6-18(12-24(23)32-3)11-20-5-4-10-30(25(20)31)17(2)19-7-8-21(26)22(27)13-19/h6-9,11-15,17H,4-5,10H2,1-3H3/t17-/m1/s1. The van der Waals surface area contributed by atoms with Crippen molar-refractivity contribution in [2.45, 2.75) is 32.7 Å². The summed E-state index contributed by atoms with van der Waals surface area (Å²) in [5, 5.41) is 0. The number of likely N-dealkylation sites (tertiary alicyclic amines) is 1. The zero-order valence-corrected chi connectivity index (χ0v) is 18.3. The van der Waals surface area contributed by atoms with Crippen molar-refractivity contribution >= 4 is 12.0 Å². The molecule has 1 aliphatic rings. The lowest BCUT2D eigenvalue weighted by Crippen LogP contribution is -2.38. The minimum atomic E-state index is -0.908. The van der Waals surface area contributed by atoms with Crippen LogP contribution in [-0.4, -0.2) is 34.0 Å². The number of imidazole rings is 1. The molecule has 2 aromatic carbocycles. The number of amides is 1. The molecule has 0 N–H and O–H groups in total. The van der Waals surface area contributed by atoms with Gasteiger partial charge in [0.15, 0.2) is 11.6 Å². The van der Waals surface area contributed by atoms with Gasteiger partial charge in [0.2, 0.25) is 5.91 Å². The van der Waals surface area contributed by atoms with Crippen LogP contribution in [0.5, 0.6) is 5.75 Å². The van der Waals surface area contributed by atoms with Gasteiger partial charge in [-0.3, -0.25) is 4.79 Å². The smallest absolute Gasteiger partial charge is 0.250 e. The zero-order chi connectivity index (χ0) is 22.8. The summed E-state index contributed by atoms with van der Waals surface area (Å²) in [5.74, 6) is -1.22. The van der Waals surface area contributed by atoms with Crippen LogP contribution in [0.4, 0.5) is 8.78 Å². The van der Waals surface area contributed by atoms with Crippen LogP contribution in [0.3, 0.4) is 0 Å². The Bertz CT molecular complexity index is 1190. The highest BCUT2D eigenvalue weighted by molar-refractivity contribution is 5.98. The fraction of sp³-hybridized carbons (Fsp3) is 0.280. The molecule has 1 fully saturated rings. The summed E-state index contributed by atoms with van der Waals surface area (Å²) in [7, 11) is 1.61. The van der Waals surface area contributed by atoms with Gasteiger partial charge in [-0.1, -0.05) is 12.1 Å². The lowest BCUT2D eigenvalue weighted by atomic mass is 9.97. The summed E-state index contributed by atoms with van der Waals surface area (Å²) in [4.78, 5) is 19.2. The Hall–Kier alpha value is -3.48. The van der Waals surface area contributed by atoms with Gasteiger partial charge in [-0.15, -0.1) is 0 Å². The van der Waals surface area contributed by atoms with Gasteiger partial charge in [0.25, 0.3) is 0 Å². The van der Waals surface area contributed by atoms with E-state index < -0.39 is 11.6 Å². The Morgan fingerprint density at radius 3 is 2.66 bits per heavy atom. The lowest BCUT2D eigenvalue weighted by molar-refractivity contribution is -0.130. The van der Waals surface area contributed by atoms with Gasteiger partial charge in [0.1, 0.15) is 5.75 Å². The molecule has 32 heavy (non-hydrogen) atoms. The quantitative estimate of drug-likeness (QED) is 0.513. The average Bonchev–Trinajstić information content (AvgIpc) is 3.22. The van der Waals surface area contributed by atoms with E-state index in [-0.39, 0.29) is 11.9 Å². The Morgan fingerprint density at radius 2 is 1.97 bits per heavy atom. The van der Waals surface area contributed by atoms with E-state index in [9.17, 15) is 13.6 Å². The van der Waals surface area contributed by atoms with Crippen molar-refractivity contribution in [1.29, 1.82) is 0 Å². The molecule has 1 atom stereocenters. The lowest BCUT2D eigenvalue weighted by Gasteiger charge is -2.34. The Morgan fingerprint density at radius 1 is 1.16 bits per heavy atom. The molecule has 0 unspecified atom stereocenters. The molecule has 0 bridgehead atoms. The highest BCUT2D eigenvalue weighted by Crippen LogP contribution is 2.31. The molecule has 0 aliphatic carbocycles. The second-order valence-electron chi connectivity index (χ2n) is 7.97. The van der Waals surface area contributed by atoms with Crippen LogP contribution in [-0.2, 0) is 4.79 Å². The molecule has 1 amide bonds. The first-order valence-electron chi connectivity index (χ1n) is 10.5. The van der Waals surface area contributed by atoms with E-state index in [2.05, 4.69) is 4.98 Å². The predicted octanol–water partition coefficient (Wildman–Crippen LogP) is 5.23. The molecule has 7 heteroatoms. The number of ether oxygens (including phenoxy) is 1. The Labute approximate surface area is 186 Å². The van der Waals surface area contributed by atoms with Gasteiger partial charge < -0.3 is 14.2 Å². The van der Waals surface area contributed by atoms with Crippen LogP contribution in [0.25, 0.3) is 11.8 Å². The van der Waals surface area contributed by atoms with Crippen LogP contribution in [0.1, 0.15) is 42.6 Å². The molecule has 0 spiro atoms. The van der Waals surface area contributed by atoms with Gasteiger partial charge in [-0.2, -0.15) is 0 Å². The van der Waals surface area contributed by atoms with Gasteiger partial charge in [-0.25, -0.2) is 13.8 Å². The van der Waals surface area contributed by atoms with Crippen molar-refractivity contribution < 1.29 is 18.3 Å². The number of hydrogen-bond donors (Lipinski definition) is 0. The fourth-order valence-corrected chi connectivity index (χ4v) is 4.04. The highest BCUT2D eigenvalue weighted by Gasteiger charge is 2.28. The number of aromatic nitrogens is 2. The number of benzene rings is 2. The molecule has 2 heterocycles. The van der Waals surface area contributed by atoms with Crippen LogP contribution in [0.15, 0.2) is 54.5 Å². The number of methoxy groups -OCH3 is 1. The van der Waals surface area contributed by atoms with Crippen molar-refractivity contribution in [3.05, 3.63) is 83.0 Å². The third-order valence-electron chi connectivity index (χ3n) is 5.81. The van der Waals surface area contributed by atoms with Gasteiger partial charge >= 0.3 is 0 Å². The van der Waals surface area contributed by atoms with Gasteiger partial charge in [-0.05, 0) is 68.2 Å². The third-order valence-corrected chi connectivity index (χ3v) is 5.81. The van der Waals surface area contributed by atoms with Crippen LogP contribution in [0, 0.1) is 18.6 Å². The number of carbonyl (C=O) groups excluding carboxylic acids is 1. The van der Waals surface area contributed by atoms with E-state index >= 15 is 0 Å². The summed E-state index contributed by atoms with van der Waals surface area (Å²) in [5.41, 5.74) is 3.87. The van der Waals surface area contributed by atoms with Crippen molar-refractivity contribution in [3.63, 3.8) is 0 Å². The second kappa shape index (κ2) is 8.94. The molecule has 166 valence electrons. The van der Waals surface area contributed by atoms with E-state index in [4.69, 9.17) is 4.74 Å². The van der Waals surface area contributed by atoms with Crippen molar-refractivity contribution in [2.24, 2.45) is 0 Å². The maximum atomic E-state index is 13.7. The number of aryl methyl sites for hydroxylation is 1. The summed E-state index contributed by atoms with van der Waals surface area (Å²) < 4.78 is 34.4. The fourth-order valence-electron chi connectivity index (χ4n) is 4.04. The normalized spacial score (nSPS) is 16.5. The second-order valence-corrected chi connectivity index (χ2v) is 7.97. The molecule has 5 nitrogen and oxygen atoms in total. The number of nitrogens with zero attached hydrogens (tertiary/aromatic N) is 3. The molecule has 1 saturated heterocycles. The van der Waals surface area contributed by atoms with Crippen molar-refractivity contribution in [2.75, 3.05) is 13.7 Å². The molecule has 0 radical (unpaired) electrons. The Kier molecular flexibility index (Phi) is 6.08. The summed E-state index contributed by atoms with van der Waals surface area (Å²) in [6.07, 6.45) is 6.98. The first-order chi connectivity index (χ1) is 15.4. The maximum Gasteiger partial charge on any atom is 0.250 e. The first kappa shape index (κ1) is 21.7. The van der Waals surface area contributed by atoms with Crippen LogP contribution >= 0.6 is 0 Å². The SMILES string of the molecule is COc1cc(C=C2CCCN([C@H](C)c3ccc(F)c(F)c3)C2=O)ccc1-n1cnc(C)c1. The molecule has 1 aromatic heterocycles. The Balaban J connectivity index is 1.59. The third kappa shape index (κ3) is 4.28. The van der Waals surface area contributed by atoms with Crippen molar-refractivity contribution in [3.8, 4) is 11.4 Å². The number of halogens is 2.